The molecule has 5 heteroatoms. The van der Waals surface area contributed by atoms with Crippen LogP contribution in [0, 0.1) is 5.41 Å². The van der Waals surface area contributed by atoms with E-state index < -0.39 is 31.0 Å². The van der Waals surface area contributed by atoms with E-state index in [4.69, 9.17) is 0 Å². The lowest BCUT2D eigenvalue weighted by atomic mass is 9.72. The second-order valence-electron chi connectivity index (χ2n) is 6.62. The summed E-state index contributed by atoms with van der Waals surface area (Å²) < 4.78 is 12.9. The number of hydrogen-bond acceptors (Lipinski definition) is 4. The lowest BCUT2D eigenvalue weighted by Crippen LogP contribution is -2.55. The molecule has 1 saturated carbocycles. The van der Waals surface area contributed by atoms with Crippen LogP contribution in [-0.4, -0.2) is 52.9 Å². The largest absolute Gasteiger partial charge is 0.388 e. The first-order valence-electron chi connectivity index (χ1n) is 8.07. The van der Waals surface area contributed by atoms with Crippen molar-refractivity contribution in [3.63, 3.8) is 0 Å². The van der Waals surface area contributed by atoms with Gasteiger partial charge in [-0.15, -0.1) is 0 Å². The van der Waals surface area contributed by atoms with E-state index in [2.05, 4.69) is 12.2 Å². The van der Waals surface area contributed by atoms with Gasteiger partial charge in [0.2, 0.25) is 0 Å². The molecule has 0 aromatic heterocycles. The van der Waals surface area contributed by atoms with Gasteiger partial charge in [0.25, 0.3) is 0 Å². The van der Waals surface area contributed by atoms with Crippen molar-refractivity contribution in [2.45, 2.75) is 69.8 Å². The molecule has 0 saturated heterocycles. The zero-order valence-corrected chi connectivity index (χ0v) is 12.8. The molecular formula is C16H28FNO3. The van der Waals surface area contributed by atoms with E-state index in [0.717, 1.165) is 13.0 Å². The Balaban J connectivity index is 2.02. The summed E-state index contributed by atoms with van der Waals surface area (Å²) in [5.41, 5.74) is 0.391. The van der Waals surface area contributed by atoms with Gasteiger partial charge in [0.05, 0.1) is 6.04 Å². The molecular weight excluding hydrogens is 273 g/mol. The molecule has 0 bridgehead atoms. The van der Waals surface area contributed by atoms with Crippen LogP contribution < -0.4 is 5.32 Å². The standard InChI is InChI=1S/C16H28FNO3/c1-2-16(6-4-3-5-7-16)10-18-12-8-11(9-17)13(19)15(21)14(12)20/h8,12-15,18-21H,2-7,9-10H2,1H3/t12-,13+,14+,15+/m1/s1. The fourth-order valence-corrected chi connectivity index (χ4v) is 3.64. The number of nitrogens with one attached hydrogen (secondary N) is 1. The molecule has 4 atom stereocenters. The highest BCUT2D eigenvalue weighted by Crippen LogP contribution is 2.38. The third kappa shape index (κ3) is 3.65. The molecule has 2 rings (SSSR count). The highest BCUT2D eigenvalue weighted by atomic mass is 19.1. The number of aliphatic hydroxyl groups excluding tert-OH is 3. The van der Waals surface area contributed by atoms with Crippen LogP contribution in [0.4, 0.5) is 4.39 Å². The minimum absolute atomic E-state index is 0.152. The zero-order chi connectivity index (χ0) is 15.5. The molecule has 0 radical (unpaired) electrons. The minimum Gasteiger partial charge on any atom is -0.388 e. The molecule has 0 heterocycles. The molecule has 0 aromatic carbocycles. The van der Waals surface area contributed by atoms with Gasteiger partial charge in [-0.05, 0) is 30.3 Å². The van der Waals surface area contributed by atoms with Crippen LogP contribution in [-0.2, 0) is 0 Å². The van der Waals surface area contributed by atoms with E-state index in [0.29, 0.717) is 0 Å². The maximum Gasteiger partial charge on any atom is 0.113 e. The molecule has 2 aliphatic carbocycles. The van der Waals surface area contributed by atoms with Gasteiger partial charge in [-0.25, -0.2) is 4.39 Å². The molecule has 4 nitrogen and oxygen atoms in total. The van der Waals surface area contributed by atoms with Crippen LogP contribution in [0.25, 0.3) is 0 Å². The van der Waals surface area contributed by atoms with Crippen molar-refractivity contribution in [2.75, 3.05) is 13.2 Å². The van der Waals surface area contributed by atoms with E-state index in [9.17, 15) is 19.7 Å². The molecule has 0 spiro atoms. The van der Waals surface area contributed by atoms with Crippen molar-refractivity contribution in [1.29, 1.82) is 0 Å². The van der Waals surface area contributed by atoms with Crippen molar-refractivity contribution in [2.24, 2.45) is 5.41 Å². The van der Waals surface area contributed by atoms with E-state index >= 15 is 0 Å². The Labute approximate surface area is 126 Å². The summed E-state index contributed by atoms with van der Waals surface area (Å²) in [6, 6.07) is -0.500. The summed E-state index contributed by atoms with van der Waals surface area (Å²) in [5, 5.41) is 32.9. The Morgan fingerprint density at radius 2 is 1.86 bits per heavy atom. The Morgan fingerprint density at radius 3 is 2.43 bits per heavy atom. The van der Waals surface area contributed by atoms with Crippen molar-refractivity contribution in [3.05, 3.63) is 11.6 Å². The highest BCUT2D eigenvalue weighted by Gasteiger charge is 2.38. The van der Waals surface area contributed by atoms with Crippen LogP contribution in [0.5, 0.6) is 0 Å². The first-order chi connectivity index (χ1) is 10.0. The summed E-state index contributed by atoms with van der Waals surface area (Å²) in [5.74, 6) is 0. The molecule has 1 fully saturated rings. The van der Waals surface area contributed by atoms with Crippen molar-refractivity contribution >= 4 is 0 Å². The second-order valence-corrected chi connectivity index (χ2v) is 6.62. The van der Waals surface area contributed by atoms with E-state index in [-0.39, 0.29) is 11.0 Å². The number of aliphatic hydroxyl groups is 3. The smallest absolute Gasteiger partial charge is 0.113 e. The number of alkyl halides is 1. The summed E-state index contributed by atoms with van der Waals surface area (Å²) in [4.78, 5) is 0. The van der Waals surface area contributed by atoms with E-state index in [1.807, 2.05) is 0 Å². The molecule has 21 heavy (non-hydrogen) atoms. The average molecular weight is 301 g/mol. The molecule has 4 N–H and O–H groups in total. The van der Waals surface area contributed by atoms with Gasteiger partial charge in [-0.2, -0.15) is 0 Å². The van der Waals surface area contributed by atoms with Gasteiger partial charge in [0.1, 0.15) is 25.0 Å². The highest BCUT2D eigenvalue weighted by molar-refractivity contribution is 5.21. The Morgan fingerprint density at radius 1 is 1.19 bits per heavy atom. The van der Waals surface area contributed by atoms with Gasteiger partial charge < -0.3 is 20.6 Å². The lowest BCUT2D eigenvalue weighted by Gasteiger charge is -2.40. The van der Waals surface area contributed by atoms with Gasteiger partial charge in [-0.1, -0.05) is 32.3 Å². The number of hydrogen-bond donors (Lipinski definition) is 4. The zero-order valence-electron chi connectivity index (χ0n) is 12.8. The van der Waals surface area contributed by atoms with E-state index in [1.165, 1.54) is 38.2 Å². The van der Waals surface area contributed by atoms with Gasteiger partial charge in [0, 0.05) is 6.54 Å². The Kier molecular flexibility index (Phi) is 5.77. The second kappa shape index (κ2) is 7.18. The van der Waals surface area contributed by atoms with Gasteiger partial charge in [-0.3, -0.25) is 0 Å². The summed E-state index contributed by atoms with van der Waals surface area (Å²) in [7, 11) is 0. The predicted octanol–water partition coefficient (Wildman–Crippen LogP) is 1.30. The molecule has 0 amide bonds. The fraction of sp³-hybridized carbons (Fsp3) is 0.875. The number of halogens is 1. The molecule has 0 aliphatic heterocycles. The van der Waals surface area contributed by atoms with Crippen LogP contribution in [0.3, 0.4) is 0 Å². The van der Waals surface area contributed by atoms with E-state index in [1.54, 1.807) is 0 Å². The van der Waals surface area contributed by atoms with Crippen LogP contribution in [0.1, 0.15) is 45.4 Å². The summed E-state index contributed by atoms with van der Waals surface area (Å²) >= 11 is 0. The average Bonchev–Trinajstić information content (AvgIpc) is 2.53. The number of rotatable bonds is 5. The van der Waals surface area contributed by atoms with Crippen LogP contribution >= 0.6 is 0 Å². The quantitative estimate of drug-likeness (QED) is 0.578. The van der Waals surface area contributed by atoms with Crippen molar-refractivity contribution in [3.8, 4) is 0 Å². The first kappa shape index (κ1) is 16.9. The fourth-order valence-electron chi connectivity index (χ4n) is 3.64. The topological polar surface area (TPSA) is 72.7 Å². The summed E-state index contributed by atoms with van der Waals surface area (Å²) in [6.45, 7) is 2.14. The van der Waals surface area contributed by atoms with Gasteiger partial charge in [0.15, 0.2) is 0 Å². The third-order valence-corrected chi connectivity index (χ3v) is 5.35. The van der Waals surface area contributed by atoms with Crippen molar-refractivity contribution < 1.29 is 19.7 Å². The molecule has 0 unspecified atom stereocenters. The lowest BCUT2D eigenvalue weighted by molar-refractivity contribution is -0.0642. The predicted molar refractivity (Wildman–Crippen MR) is 79.7 cm³/mol. The Bertz CT molecular complexity index is 369. The third-order valence-electron chi connectivity index (χ3n) is 5.35. The molecule has 122 valence electrons. The first-order valence-corrected chi connectivity index (χ1v) is 8.07. The summed E-state index contributed by atoms with van der Waals surface area (Å²) in [6.07, 6.45) is 4.96. The molecule has 2 aliphatic rings. The molecule has 0 aromatic rings. The minimum atomic E-state index is -1.33. The monoisotopic (exact) mass is 301 g/mol. The Hall–Kier alpha value is -0.490. The van der Waals surface area contributed by atoms with Gasteiger partial charge >= 0.3 is 0 Å². The normalized spacial score (nSPS) is 36.3. The maximum atomic E-state index is 12.9. The SMILES string of the molecule is CCC1(CN[C@@H]2C=C(CF)[C@H](O)[C@H](O)[C@H]2O)CCCCC1. The van der Waals surface area contributed by atoms with Crippen LogP contribution in [0.2, 0.25) is 0 Å². The maximum absolute atomic E-state index is 12.9. The van der Waals surface area contributed by atoms with Crippen molar-refractivity contribution in [1.82, 2.24) is 5.32 Å². The van der Waals surface area contributed by atoms with Crippen LogP contribution in [0.15, 0.2) is 11.6 Å².